The van der Waals surface area contributed by atoms with E-state index < -0.39 is 17.5 Å². The summed E-state index contributed by atoms with van der Waals surface area (Å²) in [5, 5.41) is 3.32. The fourth-order valence-electron chi connectivity index (χ4n) is 2.35. The van der Waals surface area contributed by atoms with Crippen molar-refractivity contribution in [3.8, 4) is 0 Å². The van der Waals surface area contributed by atoms with Crippen LogP contribution in [0.3, 0.4) is 0 Å². The van der Waals surface area contributed by atoms with Crippen molar-refractivity contribution in [2.24, 2.45) is 0 Å². The van der Waals surface area contributed by atoms with Crippen LogP contribution in [0.1, 0.15) is 25.1 Å². The molecule has 2 N–H and O–H groups in total. The predicted molar refractivity (Wildman–Crippen MR) is 89.2 cm³/mol. The van der Waals surface area contributed by atoms with Gasteiger partial charge in [0.15, 0.2) is 0 Å². The van der Waals surface area contributed by atoms with Crippen LogP contribution in [0.15, 0.2) is 22.4 Å². The van der Waals surface area contributed by atoms with Gasteiger partial charge in [0.1, 0.15) is 6.23 Å². The number of aromatic nitrogens is 2. The van der Waals surface area contributed by atoms with Crippen molar-refractivity contribution in [3.05, 3.63) is 39.2 Å². The molecule has 0 aromatic carbocycles. The highest BCUT2D eigenvalue weighted by molar-refractivity contribution is 9.15. The number of amides is 1. The maximum Gasteiger partial charge on any atom is 0.330 e. The Morgan fingerprint density at radius 2 is 2.27 bits per heavy atom. The van der Waals surface area contributed by atoms with Crippen LogP contribution in [0.25, 0.3) is 4.48 Å². The third-order valence-electron chi connectivity index (χ3n) is 3.35. The molecule has 1 amide bonds. The number of hydrogen-bond donors (Lipinski definition) is 2. The van der Waals surface area contributed by atoms with Gasteiger partial charge in [0.2, 0.25) is 5.91 Å². The van der Waals surface area contributed by atoms with E-state index in [9.17, 15) is 14.4 Å². The van der Waals surface area contributed by atoms with Crippen LogP contribution in [0.5, 0.6) is 0 Å². The summed E-state index contributed by atoms with van der Waals surface area (Å²) in [5.74, 6) is -0.163. The molecule has 0 aliphatic carbocycles. The maximum absolute atomic E-state index is 12.0. The van der Waals surface area contributed by atoms with Crippen molar-refractivity contribution in [1.29, 1.82) is 0 Å². The van der Waals surface area contributed by atoms with E-state index in [1.165, 1.54) is 17.7 Å². The Bertz CT molecular complexity index is 712. The maximum atomic E-state index is 12.0. The topological polar surface area (TPSA) is 93.2 Å². The van der Waals surface area contributed by atoms with Crippen molar-refractivity contribution in [2.45, 2.75) is 31.7 Å². The molecule has 2 rings (SSSR count). The van der Waals surface area contributed by atoms with Crippen molar-refractivity contribution in [3.63, 3.8) is 0 Å². The molecule has 9 heteroatoms. The highest BCUT2D eigenvalue weighted by Crippen LogP contribution is 2.29. The van der Waals surface area contributed by atoms with Crippen molar-refractivity contribution >= 4 is 42.2 Å². The summed E-state index contributed by atoms with van der Waals surface area (Å²) < 4.78 is 7.48. The first-order chi connectivity index (χ1) is 10.3. The number of H-pyrrole nitrogens is 1. The molecule has 1 aliphatic rings. The van der Waals surface area contributed by atoms with Gasteiger partial charge in [-0.15, -0.1) is 0 Å². The Labute approximate surface area is 143 Å². The number of carbonyl (C=O) groups is 1. The zero-order valence-electron chi connectivity index (χ0n) is 11.8. The summed E-state index contributed by atoms with van der Waals surface area (Å²) in [6.07, 6.45) is 0.998. The van der Waals surface area contributed by atoms with Gasteiger partial charge in [0, 0.05) is 29.4 Å². The Hall–Kier alpha value is -1.19. The normalized spacial score (nSPS) is 24.2. The summed E-state index contributed by atoms with van der Waals surface area (Å²) >= 11 is 6.47. The first-order valence-electron chi connectivity index (χ1n) is 6.52. The van der Waals surface area contributed by atoms with Gasteiger partial charge in [-0.1, -0.05) is 38.4 Å². The smallest absolute Gasteiger partial charge is 0.330 e. The Balaban J connectivity index is 2.35. The summed E-state index contributed by atoms with van der Waals surface area (Å²) in [6.45, 7) is 5.07. The van der Waals surface area contributed by atoms with Crippen LogP contribution < -0.4 is 16.6 Å². The Kier molecular flexibility index (Phi) is 5.41. The lowest BCUT2D eigenvalue weighted by Gasteiger charge is -2.16. The van der Waals surface area contributed by atoms with E-state index in [1.54, 1.807) is 0 Å². The van der Waals surface area contributed by atoms with Gasteiger partial charge in [-0.05, 0) is 0 Å². The van der Waals surface area contributed by atoms with Gasteiger partial charge < -0.3 is 10.1 Å². The summed E-state index contributed by atoms with van der Waals surface area (Å²) in [6, 6.07) is -0.212. The number of halogens is 2. The second kappa shape index (κ2) is 6.93. The molecule has 0 saturated carbocycles. The monoisotopic (exact) mass is 435 g/mol. The van der Waals surface area contributed by atoms with Gasteiger partial charge in [0.25, 0.3) is 5.56 Å². The number of rotatable bonds is 4. The van der Waals surface area contributed by atoms with Crippen LogP contribution in [0, 0.1) is 0 Å². The van der Waals surface area contributed by atoms with Gasteiger partial charge >= 0.3 is 5.69 Å². The number of carbonyl (C=O) groups excluding carboxylic acids is 1. The summed E-state index contributed by atoms with van der Waals surface area (Å²) in [4.78, 5) is 37.2. The highest BCUT2D eigenvalue weighted by atomic mass is 79.9. The summed E-state index contributed by atoms with van der Waals surface area (Å²) in [7, 11) is 0. The lowest BCUT2D eigenvalue weighted by atomic mass is 10.1. The van der Waals surface area contributed by atoms with E-state index in [0.29, 0.717) is 16.2 Å². The molecular formula is C13H15Br2N3O4. The van der Waals surface area contributed by atoms with Crippen LogP contribution in [-0.2, 0) is 9.53 Å². The number of aromatic amines is 1. The van der Waals surface area contributed by atoms with Crippen molar-refractivity contribution < 1.29 is 9.53 Å². The first-order valence-corrected chi connectivity index (χ1v) is 8.43. The Morgan fingerprint density at radius 3 is 2.82 bits per heavy atom. The van der Waals surface area contributed by atoms with Gasteiger partial charge in [-0.3, -0.25) is 19.1 Å². The van der Waals surface area contributed by atoms with Crippen LogP contribution in [0.4, 0.5) is 0 Å². The minimum atomic E-state index is -0.575. The second-order valence-electron chi connectivity index (χ2n) is 4.94. The second-order valence-corrected chi connectivity index (χ2v) is 6.55. The molecule has 7 nitrogen and oxygen atoms in total. The third-order valence-corrected chi connectivity index (χ3v) is 4.41. The fourth-order valence-corrected chi connectivity index (χ4v) is 3.24. The van der Waals surface area contributed by atoms with Gasteiger partial charge in [0.05, 0.1) is 17.7 Å². The first kappa shape index (κ1) is 17.2. The van der Waals surface area contributed by atoms with E-state index in [-0.39, 0.29) is 23.6 Å². The lowest BCUT2D eigenvalue weighted by molar-refractivity contribution is -0.120. The fraction of sp³-hybridized carbons (Fsp3) is 0.462. The molecular weight excluding hydrogens is 422 g/mol. The minimum absolute atomic E-state index is 0.163. The zero-order chi connectivity index (χ0) is 16.4. The van der Waals surface area contributed by atoms with E-state index in [2.05, 4.69) is 48.7 Å². The third kappa shape index (κ3) is 3.58. The molecule has 1 aromatic heterocycles. The number of hydrogen-bond acceptors (Lipinski definition) is 4. The number of alkyl halides is 1. The molecule has 1 aromatic rings. The SMILES string of the molecule is C=C(Br)c1cn([C@H]2CC(NC(C)=O)[C@@H](CBr)O2)c(=O)[nH]c1=O. The molecule has 2 heterocycles. The van der Waals surface area contributed by atoms with E-state index >= 15 is 0 Å². The summed E-state index contributed by atoms with van der Waals surface area (Å²) in [5.41, 5.74) is -0.831. The minimum Gasteiger partial charge on any atom is -0.352 e. The van der Waals surface area contributed by atoms with E-state index in [4.69, 9.17) is 4.74 Å². The predicted octanol–water partition coefficient (Wildman–Crippen LogP) is 1.09. The average molecular weight is 437 g/mol. The molecule has 0 bridgehead atoms. The van der Waals surface area contributed by atoms with Crippen molar-refractivity contribution in [1.82, 2.24) is 14.9 Å². The number of ether oxygens (including phenoxy) is 1. The standard InChI is InChI=1S/C13H15Br2N3O4/c1-6(15)8-5-18(13(21)17-12(8)20)11-3-9(16-7(2)19)10(4-14)22-11/h5,9-11H,1,3-4H2,2H3,(H,16,19)(H,17,20,21)/t9?,10-,11-/m1/s1. The van der Waals surface area contributed by atoms with Crippen molar-refractivity contribution in [2.75, 3.05) is 5.33 Å². The van der Waals surface area contributed by atoms with Gasteiger partial charge in [-0.25, -0.2) is 4.79 Å². The quantitative estimate of drug-likeness (QED) is 0.691. The average Bonchev–Trinajstić information content (AvgIpc) is 2.80. The number of nitrogens with one attached hydrogen (secondary N) is 2. The molecule has 22 heavy (non-hydrogen) atoms. The molecule has 1 unspecified atom stereocenters. The molecule has 0 radical (unpaired) electrons. The number of nitrogens with zero attached hydrogens (tertiary/aromatic N) is 1. The van der Waals surface area contributed by atoms with E-state index in [1.807, 2.05) is 0 Å². The molecule has 1 saturated heterocycles. The largest absolute Gasteiger partial charge is 0.352 e. The highest BCUT2D eigenvalue weighted by Gasteiger charge is 2.36. The molecule has 0 spiro atoms. The molecule has 3 atom stereocenters. The Morgan fingerprint density at radius 1 is 1.59 bits per heavy atom. The van der Waals surface area contributed by atoms with Crippen LogP contribution in [-0.4, -0.2) is 32.9 Å². The molecule has 1 aliphatic heterocycles. The zero-order valence-corrected chi connectivity index (χ0v) is 14.9. The van der Waals surface area contributed by atoms with Gasteiger partial charge in [-0.2, -0.15) is 0 Å². The molecule has 120 valence electrons. The van der Waals surface area contributed by atoms with Crippen LogP contribution in [0.2, 0.25) is 0 Å². The van der Waals surface area contributed by atoms with Crippen LogP contribution >= 0.6 is 31.9 Å². The van der Waals surface area contributed by atoms with E-state index in [0.717, 1.165) is 0 Å². The molecule has 1 fully saturated rings. The lowest BCUT2D eigenvalue weighted by Crippen LogP contribution is -2.39.